The minimum Gasteiger partial charge on any atom is -0.481 e. The van der Waals surface area contributed by atoms with Gasteiger partial charge < -0.3 is 64.2 Å². The van der Waals surface area contributed by atoms with Gasteiger partial charge in [-0.1, -0.05) is 13.8 Å². The van der Waals surface area contributed by atoms with Crippen LogP contribution in [0.15, 0.2) is 4.99 Å². The summed E-state index contributed by atoms with van der Waals surface area (Å²) in [5.41, 5.74) is 22.2. The van der Waals surface area contributed by atoms with E-state index in [1.807, 2.05) is 0 Å². The number of guanidine groups is 1. The summed E-state index contributed by atoms with van der Waals surface area (Å²) in [7, 11) is 0. The number of rotatable bonds is 23. The summed E-state index contributed by atoms with van der Waals surface area (Å²) in [6.07, 6.45) is 2.02. The topological polar surface area (TPSA) is 348 Å². The molecule has 21 heteroatoms. The maximum absolute atomic E-state index is 13.8. The van der Waals surface area contributed by atoms with Crippen molar-refractivity contribution >= 4 is 53.3 Å². The van der Waals surface area contributed by atoms with Gasteiger partial charge in [-0.2, -0.15) is 0 Å². The molecule has 2 heterocycles. The lowest BCUT2D eigenvalue weighted by molar-refractivity contribution is -0.150. The number of hydrogen-bond donors (Lipinski definition) is 10. The molecule has 7 atom stereocenters. The molecule has 2 fully saturated rings. The lowest BCUT2D eigenvalue weighted by atomic mass is 10.0. The second-order valence-corrected chi connectivity index (χ2v) is 14.6. The molecular formula is C35H61N11O10. The van der Waals surface area contributed by atoms with Crippen LogP contribution in [0.2, 0.25) is 0 Å². The fraction of sp³-hybridized carbons (Fsp3) is 0.743. The standard InChI is InChI=1S/C35H61N11O10/c1-19(2)27(44-30(51)24-11-7-17-45(24)32(53)22(42-28(49)20(3)37)10-6-16-40-35(38)39)31(52)41-21(9-4-5-15-36)29(50)43-23(13-14-26(47)48)33(54)46-18-8-12-25(46)34(55)56/h19-25,27H,4-18,36-37H2,1-3H3,(H,41,52)(H,42,49)(H,43,50)(H,44,51)(H,47,48)(H,55,56)(H4,38,39,40)/t20-,21-,22-,23-,24-,25-,27-/m0/s1. The van der Waals surface area contributed by atoms with Crippen molar-refractivity contribution in [2.75, 3.05) is 26.2 Å². The van der Waals surface area contributed by atoms with Crippen molar-refractivity contribution in [3.8, 4) is 0 Å². The fourth-order valence-corrected chi connectivity index (χ4v) is 6.66. The first-order chi connectivity index (χ1) is 26.4. The second-order valence-electron chi connectivity index (χ2n) is 14.6. The van der Waals surface area contributed by atoms with Crippen molar-refractivity contribution in [3.63, 3.8) is 0 Å². The number of nitrogens with zero attached hydrogens (tertiary/aromatic N) is 3. The maximum Gasteiger partial charge on any atom is 0.326 e. The molecule has 2 rings (SSSR count). The Morgan fingerprint density at radius 3 is 1.79 bits per heavy atom. The van der Waals surface area contributed by atoms with E-state index in [4.69, 9.17) is 22.9 Å². The number of nitrogens with two attached hydrogens (primary N) is 4. The molecule has 0 aromatic carbocycles. The summed E-state index contributed by atoms with van der Waals surface area (Å²) in [6, 6.07) is -7.83. The normalized spacial score (nSPS) is 19.2. The van der Waals surface area contributed by atoms with Gasteiger partial charge in [-0.15, -0.1) is 0 Å². The Hall–Kier alpha value is -5.05. The molecule has 0 aromatic rings. The number of carbonyl (C=O) groups excluding carboxylic acids is 6. The van der Waals surface area contributed by atoms with Crippen molar-refractivity contribution in [3.05, 3.63) is 0 Å². The predicted molar refractivity (Wildman–Crippen MR) is 203 cm³/mol. The first-order valence-electron chi connectivity index (χ1n) is 19.2. The van der Waals surface area contributed by atoms with Gasteiger partial charge in [0.25, 0.3) is 0 Å². The highest BCUT2D eigenvalue weighted by Crippen LogP contribution is 2.22. The van der Waals surface area contributed by atoms with Gasteiger partial charge >= 0.3 is 11.9 Å². The fourth-order valence-electron chi connectivity index (χ4n) is 6.66. The zero-order valence-corrected chi connectivity index (χ0v) is 32.5. The van der Waals surface area contributed by atoms with Crippen molar-refractivity contribution in [1.29, 1.82) is 0 Å². The van der Waals surface area contributed by atoms with Gasteiger partial charge in [0.15, 0.2) is 5.96 Å². The van der Waals surface area contributed by atoms with E-state index in [9.17, 15) is 48.6 Å². The third-order valence-electron chi connectivity index (χ3n) is 9.72. The lowest BCUT2D eigenvalue weighted by Gasteiger charge is -2.31. The number of likely N-dealkylation sites (tertiary alicyclic amines) is 2. The molecule has 0 bridgehead atoms. The molecule has 0 aliphatic carbocycles. The SMILES string of the molecule is CC(C)[C@H](NC(=O)[C@@H]1CCCN1C(=O)[C@H](CCCN=C(N)N)NC(=O)[C@H](C)N)C(=O)N[C@@H](CCCCN)C(=O)N[C@@H](CCC(=O)O)C(=O)N1CCC[C@H]1C(=O)O. The molecule has 2 aliphatic rings. The van der Waals surface area contributed by atoms with E-state index in [2.05, 4.69) is 26.3 Å². The van der Waals surface area contributed by atoms with E-state index in [-0.39, 0.29) is 57.7 Å². The molecule has 2 saturated heterocycles. The number of unbranched alkanes of at least 4 members (excludes halogenated alkanes) is 1. The number of hydrogen-bond acceptors (Lipinski definition) is 11. The molecule has 2 aliphatic heterocycles. The van der Waals surface area contributed by atoms with E-state index in [1.54, 1.807) is 13.8 Å². The average Bonchev–Trinajstić information content (AvgIpc) is 3.83. The Labute approximate surface area is 326 Å². The molecule has 0 saturated carbocycles. The van der Waals surface area contributed by atoms with Gasteiger partial charge in [0.2, 0.25) is 35.4 Å². The number of amides is 6. The molecule has 0 unspecified atom stereocenters. The summed E-state index contributed by atoms with van der Waals surface area (Å²) in [6.45, 7) is 5.64. The highest BCUT2D eigenvalue weighted by atomic mass is 16.4. The average molecular weight is 796 g/mol. The quantitative estimate of drug-likeness (QED) is 0.0281. The van der Waals surface area contributed by atoms with E-state index in [0.717, 1.165) is 4.90 Å². The van der Waals surface area contributed by atoms with Crippen LogP contribution in [0.5, 0.6) is 0 Å². The molecule has 21 nitrogen and oxygen atoms in total. The number of aliphatic imine (C=N–C) groups is 1. The smallest absolute Gasteiger partial charge is 0.326 e. The molecule has 0 spiro atoms. The van der Waals surface area contributed by atoms with Crippen LogP contribution in [0.1, 0.15) is 91.4 Å². The van der Waals surface area contributed by atoms with Crippen molar-refractivity contribution in [1.82, 2.24) is 31.1 Å². The molecule has 0 radical (unpaired) electrons. The Bertz CT molecular complexity index is 1440. The van der Waals surface area contributed by atoms with Crippen LogP contribution in [-0.2, 0) is 38.4 Å². The zero-order valence-electron chi connectivity index (χ0n) is 32.5. The third kappa shape index (κ3) is 14.5. The second kappa shape index (κ2) is 23.1. The number of carbonyl (C=O) groups is 8. The molecule has 14 N–H and O–H groups in total. The number of aliphatic carboxylic acids is 2. The third-order valence-corrected chi connectivity index (χ3v) is 9.72. The summed E-state index contributed by atoms with van der Waals surface area (Å²) in [4.78, 5) is 111. The number of carboxylic acid groups (broad SMARTS) is 2. The molecule has 0 aromatic heterocycles. The molecule has 6 amide bonds. The van der Waals surface area contributed by atoms with Gasteiger partial charge in [0, 0.05) is 26.1 Å². The monoisotopic (exact) mass is 795 g/mol. The van der Waals surface area contributed by atoms with E-state index >= 15 is 0 Å². The Balaban J connectivity index is 2.26. The maximum atomic E-state index is 13.8. The first kappa shape index (κ1) is 47.1. The van der Waals surface area contributed by atoms with Gasteiger partial charge in [-0.3, -0.25) is 38.6 Å². The van der Waals surface area contributed by atoms with Crippen molar-refractivity contribution < 1.29 is 48.6 Å². The summed E-state index contributed by atoms with van der Waals surface area (Å²) in [5, 5.41) is 29.5. The van der Waals surface area contributed by atoms with Gasteiger partial charge in [0.05, 0.1) is 6.04 Å². The van der Waals surface area contributed by atoms with E-state index in [1.165, 1.54) is 11.8 Å². The van der Waals surface area contributed by atoms with Crippen LogP contribution in [0.25, 0.3) is 0 Å². The highest BCUT2D eigenvalue weighted by Gasteiger charge is 2.41. The predicted octanol–water partition coefficient (Wildman–Crippen LogP) is -2.96. The van der Waals surface area contributed by atoms with Crippen LogP contribution in [-0.4, -0.2) is 142 Å². The summed E-state index contributed by atoms with van der Waals surface area (Å²) >= 11 is 0. The molecule has 56 heavy (non-hydrogen) atoms. The minimum absolute atomic E-state index is 0.0808. The van der Waals surface area contributed by atoms with E-state index < -0.39 is 102 Å². The van der Waals surface area contributed by atoms with E-state index in [0.29, 0.717) is 38.6 Å². The molecule has 316 valence electrons. The van der Waals surface area contributed by atoms with Crippen LogP contribution in [0, 0.1) is 5.92 Å². The summed E-state index contributed by atoms with van der Waals surface area (Å²) < 4.78 is 0. The largest absolute Gasteiger partial charge is 0.481 e. The van der Waals surface area contributed by atoms with Crippen LogP contribution in [0.3, 0.4) is 0 Å². The van der Waals surface area contributed by atoms with Gasteiger partial charge in [-0.05, 0) is 83.6 Å². The number of carboxylic acids is 2. The van der Waals surface area contributed by atoms with Crippen molar-refractivity contribution in [2.45, 2.75) is 134 Å². The Morgan fingerprint density at radius 2 is 1.25 bits per heavy atom. The molecular weight excluding hydrogens is 734 g/mol. The highest BCUT2D eigenvalue weighted by molar-refractivity contribution is 5.97. The zero-order chi connectivity index (χ0) is 42.1. The van der Waals surface area contributed by atoms with Gasteiger partial charge in [0.1, 0.15) is 36.3 Å². The van der Waals surface area contributed by atoms with Crippen LogP contribution < -0.4 is 44.2 Å². The lowest BCUT2D eigenvalue weighted by Crippen LogP contribution is -2.60. The Kier molecular flexibility index (Phi) is 19.4. The van der Waals surface area contributed by atoms with Crippen LogP contribution >= 0.6 is 0 Å². The van der Waals surface area contributed by atoms with Crippen molar-refractivity contribution in [2.24, 2.45) is 33.8 Å². The van der Waals surface area contributed by atoms with Gasteiger partial charge in [-0.25, -0.2) is 4.79 Å². The first-order valence-corrected chi connectivity index (χ1v) is 19.2. The number of nitrogens with one attached hydrogen (secondary N) is 4. The Morgan fingerprint density at radius 1 is 0.714 bits per heavy atom. The summed E-state index contributed by atoms with van der Waals surface area (Å²) in [5.74, 6) is -7.04. The minimum atomic E-state index is -1.38. The van der Waals surface area contributed by atoms with Crippen LogP contribution in [0.4, 0.5) is 0 Å².